The molecule has 0 spiro atoms. The maximum atomic E-state index is 13.0. The zero-order valence-corrected chi connectivity index (χ0v) is 16.7. The van der Waals surface area contributed by atoms with E-state index in [1.54, 1.807) is 11.0 Å². The summed E-state index contributed by atoms with van der Waals surface area (Å²) in [7, 11) is 0. The number of carbonyl (C=O) groups is 2. The molecule has 0 aromatic heterocycles. The summed E-state index contributed by atoms with van der Waals surface area (Å²) in [6.45, 7) is 0.839. The number of carbonyl (C=O) groups excluding carboxylic acids is 2. The van der Waals surface area contributed by atoms with Crippen molar-refractivity contribution in [3.63, 3.8) is 0 Å². The van der Waals surface area contributed by atoms with E-state index in [1.807, 2.05) is 36.4 Å². The summed E-state index contributed by atoms with van der Waals surface area (Å²) in [6.07, 6.45) is -3.54. The molecule has 1 aliphatic rings. The number of halogens is 3. The molecule has 7 heteroatoms. The fourth-order valence-corrected chi connectivity index (χ4v) is 3.94. The first-order valence-corrected chi connectivity index (χ1v) is 10.1. The number of nitrogens with one attached hydrogen (secondary N) is 1. The quantitative estimate of drug-likeness (QED) is 0.614. The second kappa shape index (κ2) is 8.41. The lowest BCUT2D eigenvalue weighted by molar-refractivity contribution is -0.137. The van der Waals surface area contributed by atoms with E-state index >= 15 is 0 Å². The van der Waals surface area contributed by atoms with E-state index in [4.69, 9.17) is 0 Å². The summed E-state index contributed by atoms with van der Waals surface area (Å²) in [5.74, 6) is -0.753. The smallest absolute Gasteiger partial charge is 0.339 e. The van der Waals surface area contributed by atoms with Gasteiger partial charge in [0, 0.05) is 30.3 Å². The van der Waals surface area contributed by atoms with Gasteiger partial charge in [-0.25, -0.2) is 0 Å². The van der Waals surface area contributed by atoms with Crippen LogP contribution in [-0.2, 0) is 11.0 Å². The van der Waals surface area contributed by atoms with Crippen LogP contribution in [0.2, 0.25) is 0 Å². The number of fused-ring (bicyclic) bond motifs is 1. The highest BCUT2D eigenvalue weighted by molar-refractivity contribution is 6.07. The molecule has 4 rings (SSSR count). The topological polar surface area (TPSA) is 49.4 Å². The third-order valence-electron chi connectivity index (χ3n) is 5.63. The summed E-state index contributed by atoms with van der Waals surface area (Å²) in [6, 6.07) is 17.9. The summed E-state index contributed by atoms with van der Waals surface area (Å²) in [5, 5.41) is 4.46. The molecule has 1 aliphatic heterocycles. The van der Waals surface area contributed by atoms with Crippen LogP contribution in [0.25, 0.3) is 10.8 Å². The lowest BCUT2D eigenvalue weighted by Crippen LogP contribution is -2.41. The SMILES string of the molecule is O=C(Nc1cccc(C(F)(F)F)c1)C1CCN(C(=O)c2cccc3ccccc23)CC1. The van der Waals surface area contributed by atoms with Gasteiger partial charge in [0.15, 0.2) is 0 Å². The number of rotatable bonds is 3. The monoisotopic (exact) mass is 426 g/mol. The van der Waals surface area contributed by atoms with Crippen molar-refractivity contribution in [3.8, 4) is 0 Å². The number of likely N-dealkylation sites (tertiary alicyclic amines) is 1. The molecular weight excluding hydrogens is 405 g/mol. The van der Waals surface area contributed by atoms with Gasteiger partial charge in [-0.3, -0.25) is 9.59 Å². The largest absolute Gasteiger partial charge is 0.416 e. The Hall–Kier alpha value is -3.35. The Kier molecular flexibility index (Phi) is 5.67. The molecule has 31 heavy (non-hydrogen) atoms. The number of benzene rings is 3. The highest BCUT2D eigenvalue weighted by Gasteiger charge is 2.31. The molecule has 0 bridgehead atoms. The van der Waals surface area contributed by atoms with Crippen LogP contribution >= 0.6 is 0 Å². The van der Waals surface area contributed by atoms with Gasteiger partial charge in [0.05, 0.1) is 5.56 Å². The first-order valence-electron chi connectivity index (χ1n) is 10.1. The van der Waals surface area contributed by atoms with Crippen molar-refractivity contribution in [2.45, 2.75) is 19.0 Å². The van der Waals surface area contributed by atoms with Gasteiger partial charge < -0.3 is 10.2 Å². The number of nitrogens with zero attached hydrogens (tertiary/aromatic N) is 1. The standard InChI is InChI=1S/C24H21F3N2O2/c25-24(26,27)18-7-4-8-19(15-18)28-22(30)17-11-13-29(14-12-17)23(31)21-10-3-6-16-5-1-2-9-20(16)21/h1-10,15,17H,11-14H2,(H,28,30). The van der Waals surface area contributed by atoms with Crippen LogP contribution < -0.4 is 5.32 Å². The average molecular weight is 426 g/mol. The summed E-state index contributed by atoms with van der Waals surface area (Å²) < 4.78 is 38.6. The zero-order valence-electron chi connectivity index (χ0n) is 16.7. The average Bonchev–Trinajstić information content (AvgIpc) is 2.78. The van der Waals surface area contributed by atoms with E-state index in [-0.39, 0.29) is 23.4 Å². The maximum absolute atomic E-state index is 13.0. The van der Waals surface area contributed by atoms with Gasteiger partial charge in [0.25, 0.3) is 5.91 Å². The van der Waals surface area contributed by atoms with E-state index in [1.165, 1.54) is 12.1 Å². The minimum atomic E-state index is -4.46. The second-order valence-corrected chi connectivity index (χ2v) is 7.66. The molecule has 2 amide bonds. The third-order valence-corrected chi connectivity index (χ3v) is 5.63. The predicted molar refractivity (Wildman–Crippen MR) is 113 cm³/mol. The van der Waals surface area contributed by atoms with Crippen LogP contribution in [0.1, 0.15) is 28.8 Å². The second-order valence-electron chi connectivity index (χ2n) is 7.66. The molecule has 4 nitrogen and oxygen atoms in total. The van der Waals surface area contributed by atoms with Crippen molar-refractivity contribution in [1.82, 2.24) is 4.90 Å². The molecule has 1 saturated heterocycles. The van der Waals surface area contributed by atoms with Crippen molar-refractivity contribution in [1.29, 1.82) is 0 Å². The van der Waals surface area contributed by atoms with Crippen LogP contribution in [0.5, 0.6) is 0 Å². The van der Waals surface area contributed by atoms with Gasteiger partial charge in [-0.15, -0.1) is 0 Å². The first kappa shape index (κ1) is 20.9. The van der Waals surface area contributed by atoms with Crippen molar-refractivity contribution in [3.05, 3.63) is 77.9 Å². The number of anilines is 1. The van der Waals surface area contributed by atoms with Gasteiger partial charge in [-0.1, -0.05) is 42.5 Å². The van der Waals surface area contributed by atoms with Gasteiger partial charge in [-0.2, -0.15) is 13.2 Å². The molecule has 0 radical (unpaired) electrons. The first-order chi connectivity index (χ1) is 14.8. The minimum absolute atomic E-state index is 0.0754. The fourth-order valence-electron chi connectivity index (χ4n) is 3.94. The van der Waals surface area contributed by atoms with Gasteiger partial charge in [-0.05, 0) is 47.9 Å². The van der Waals surface area contributed by atoms with E-state index in [9.17, 15) is 22.8 Å². The normalized spacial score (nSPS) is 15.1. The fraction of sp³-hybridized carbons (Fsp3) is 0.250. The van der Waals surface area contributed by atoms with E-state index in [0.29, 0.717) is 31.5 Å². The van der Waals surface area contributed by atoms with Gasteiger partial charge >= 0.3 is 6.18 Å². The van der Waals surface area contributed by atoms with Crippen LogP contribution in [-0.4, -0.2) is 29.8 Å². The van der Waals surface area contributed by atoms with Crippen molar-refractivity contribution in [2.24, 2.45) is 5.92 Å². The Balaban J connectivity index is 1.39. The number of hydrogen-bond acceptors (Lipinski definition) is 2. The Morgan fingerprint density at radius 3 is 2.32 bits per heavy atom. The van der Waals surface area contributed by atoms with Crippen molar-refractivity contribution >= 4 is 28.3 Å². The molecule has 1 heterocycles. The molecule has 0 atom stereocenters. The minimum Gasteiger partial charge on any atom is -0.339 e. The number of alkyl halides is 3. The summed E-state index contributed by atoms with van der Waals surface area (Å²) >= 11 is 0. The predicted octanol–water partition coefficient (Wildman–Crippen LogP) is 5.35. The zero-order chi connectivity index (χ0) is 22.0. The molecule has 3 aromatic rings. The third kappa shape index (κ3) is 4.55. The van der Waals surface area contributed by atoms with E-state index in [2.05, 4.69) is 5.32 Å². The molecule has 3 aromatic carbocycles. The Labute approximate surface area is 177 Å². The maximum Gasteiger partial charge on any atom is 0.416 e. The molecule has 1 fully saturated rings. The lowest BCUT2D eigenvalue weighted by atomic mass is 9.94. The van der Waals surface area contributed by atoms with Crippen LogP contribution in [0, 0.1) is 5.92 Å². The molecular formula is C24H21F3N2O2. The molecule has 0 aliphatic carbocycles. The van der Waals surface area contributed by atoms with E-state index < -0.39 is 11.7 Å². The number of piperidine rings is 1. The van der Waals surface area contributed by atoms with Gasteiger partial charge in [0.2, 0.25) is 5.91 Å². The highest BCUT2D eigenvalue weighted by Crippen LogP contribution is 2.31. The Morgan fingerprint density at radius 1 is 0.903 bits per heavy atom. The van der Waals surface area contributed by atoms with Crippen LogP contribution in [0.4, 0.5) is 18.9 Å². The van der Waals surface area contributed by atoms with E-state index in [0.717, 1.165) is 22.9 Å². The highest BCUT2D eigenvalue weighted by atomic mass is 19.4. The molecule has 160 valence electrons. The lowest BCUT2D eigenvalue weighted by Gasteiger charge is -2.31. The Bertz CT molecular complexity index is 1110. The number of amides is 2. The number of hydrogen-bond donors (Lipinski definition) is 1. The van der Waals surface area contributed by atoms with Crippen LogP contribution in [0.3, 0.4) is 0 Å². The van der Waals surface area contributed by atoms with Crippen molar-refractivity contribution in [2.75, 3.05) is 18.4 Å². The Morgan fingerprint density at radius 2 is 1.58 bits per heavy atom. The molecule has 0 saturated carbocycles. The van der Waals surface area contributed by atoms with Crippen molar-refractivity contribution < 1.29 is 22.8 Å². The molecule has 1 N–H and O–H groups in total. The summed E-state index contributed by atoms with van der Waals surface area (Å²) in [4.78, 5) is 27.3. The van der Waals surface area contributed by atoms with Crippen LogP contribution in [0.15, 0.2) is 66.7 Å². The van der Waals surface area contributed by atoms with Gasteiger partial charge in [0.1, 0.15) is 0 Å². The summed E-state index contributed by atoms with van der Waals surface area (Å²) in [5.41, 5.74) is -0.0557. The molecule has 0 unspecified atom stereocenters.